The average molecular weight is 290 g/mol. The lowest BCUT2D eigenvalue weighted by Crippen LogP contribution is -2.02. The SMILES string of the molecule is CS(=O)(=O)Cc1ccc(-c2ccc(CCN)cc2)nc1. The van der Waals surface area contributed by atoms with Crippen LogP contribution < -0.4 is 5.73 Å². The minimum absolute atomic E-state index is 0.0235. The third-order valence-electron chi connectivity index (χ3n) is 2.94. The van der Waals surface area contributed by atoms with Crippen molar-refractivity contribution in [2.45, 2.75) is 12.2 Å². The molecule has 0 fully saturated rings. The van der Waals surface area contributed by atoms with Gasteiger partial charge in [0.2, 0.25) is 0 Å². The largest absolute Gasteiger partial charge is 0.330 e. The van der Waals surface area contributed by atoms with Crippen molar-refractivity contribution in [3.05, 3.63) is 53.7 Å². The Morgan fingerprint density at radius 3 is 2.20 bits per heavy atom. The van der Waals surface area contributed by atoms with Crippen LogP contribution in [0.1, 0.15) is 11.1 Å². The fourth-order valence-corrected chi connectivity index (χ4v) is 2.77. The Hall–Kier alpha value is -1.72. The summed E-state index contributed by atoms with van der Waals surface area (Å²) in [6, 6.07) is 11.7. The topological polar surface area (TPSA) is 73.0 Å². The summed E-state index contributed by atoms with van der Waals surface area (Å²) in [6.07, 6.45) is 3.70. The first-order chi connectivity index (χ1) is 9.48. The highest BCUT2D eigenvalue weighted by atomic mass is 32.2. The van der Waals surface area contributed by atoms with Crippen molar-refractivity contribution in [1.29, 1.82) is 0 Å². The molecule has 1 aromatic carbocycles. The Morgan fingerprint density at radius 2 is 1.70 bits per heavy atom. The zero-order chi connectivity index (χ0) is 14.6. The number of pyridine rings is 1. The van der Waals surface area contributed by atoms with Crippen molar-refractivity contribution in [2.75, 3.05) is 12.8 Å². The number of rotatable bonds is 5. The van der Waals surface area contributed by atoms with E-state index in [4.69, 9.17) is 5.73 Å². The van der Waals surface area contributed by atoms with E-state index in [-0.39, 0.29) is 5.75 Å². The van der Waals surface area contributed by atoms with Crippen LogP contribution in [-0.2, 0) is 22.0 Å². The van der Waals surface area contributed by atoms with E-state index in [0.29, 0.717) is 12.1 Å². The molecule has 0 saturated heterocycles. The third-order valence-corrected chi connectivity index (χ3v) is 3.79. The zero-order valence-electron chi connectivity index (χ0n) is 11.4. The lowest BCUT2D eigenvalue weighted by atomic mass is 10.1. The van der Waals surface area contributed by atoms with Crippen LogP contribution in [-0.4, -0.2) is 26.2 Å². The fraction of sp³-hybridized carbons (Fsp3) is 0.267. The van der Waals surface area contributed by atoms with Crippen LogP contribution in [0.5, 0.6) is 0 Å². The van der Waals surface area contributed by atoms with Crippen LogP contribution in [0.4, 0.5) is 0 Å². The van der Waals surface area contributed by atoms with Gasteiger partial charge in [0, 0.05) is 18.0 Å². The van der Waals surface area contributed by atoms with E-state index >= 15 is 0 Å². The Kier molecular flexibility index (Phi) is 4.52. The zero-order valence-corrected chi connectivity index (χ0v) is 12.2. The van der Waals surface area contributed by atoms with E-state index in [1.54, 1.807) is 12.3 Å². The maximum Gasteiger partial charge on any atom is 0.151 e. The monoisotopic (exact) mass is 290 g/mol. The molecule has 2 N–H and O–H groups in total. The van der Waals surface area contributed by atoms with Crippen LogP contribution in [0.3, 0.4) is 0 Å². The molecule has 0 bridgehead atoms. The molecule has 0 aliphatic heterocycles. The molecular weight excluding hydrogens is 272 g/mol. The molecular formula is C15H18N2O2S. The van der Waals surface area contributed by atoms with Crippen LogP contribution in [0.15, 0.2) is 42.6 Å². The molecule has 5 heteroatoms. The van der Waals surface area contributed by atoms with Gasteiger partial charge >= 0.3 is 0 Å². The Labute approximate surface area is 119 Å². The van der Waals surface area contributed by atoms with Crippen molar-refractivity contribution in [3.63, 3.8) is 0 Å². The summed E-state index contributed by atoms with van der Waals surface area (Å²) in [5.41, 5.74) is 9.26. The van der Waals surface area contributed by atoms with Crippen LogP contribution in [0.25, 0.3) is 11.3 Å². The summed E-state index contributed by atoms with van der Waals surface area (Å²) in [7, 11) is -3.02. The molecule has 106 valence electrons. The van der Waals surface area contributed by atoms with Gasteiger partial charge in [0.15, 0.2) is 9.84 Å². The van der Waals surface area contributed by atoms with Gasteiger partial charge in [-0.3, -0.25) is 4.98 Å². The lowest BCUT2D eigenvalue weighted by Gasteiger charge is -2.04. The Bertz CT molecular complexity index is 662. The first-order valence-electron chi connectivity index (χ1n) is 6.40. The van der Waals surface area contributed by atoms with Gasteiger partial charge in [-0.05, 0) is 30.2 Å². The molecule has 20 heavy (non-hydrogen) atoms. The number of nitrogens with two attached hydrogens (primary N) is 1. The maximum absolute atomic E-state index is 11.2. The number of sulfone groups is 1. The standard InChI is InChI=1S/C15H18N2O2S/c1-20(18,19)11-13-4-7-15(17-10-13)14-5-2-12(3-6-14)8-9-16/h2-7,10H,8-9,11,16H2,1H3. The van der Waals surface area contributed by atoms with Crippen molar-refractivity contribution < 1.29 is 8.42 Å². The number of benzene rings is 1. The van der Waals surface area contributed by atoms with Gasteiger partial charge in [-0.1, -0.05) is 30.3 Å². The molecule has 0 aliphatic carbocycles. The normalized spacial score (nSPS) is 11.5. The average Bonchev–Trinajstić information content (AvgIpc) is 2.39. The van der Waals surface area contributed by atoms with Crippen LogP contribution in [0.2, 0.25) is 0 Å². The summed E-state index contributed by atoms with van der Waals surface area (Å²) < 4.78 is 22.4. The highest BCUT2D eigenvalue weighted by Crippen LogP contribution is 2.18. The quantitative estimate of drug-likeness (QED) is 0.911. The van der Waals surface area contributed by atoms with Crippen molar-refractivity contribution in [2.24, 2.45) is 5.73 Å². The van der Waals surface area contributed by atoms with Crippen LogP contribution >= 0.6 is 0 Å². The third kappa shape index (κ3) is 4.15. The first-order valence-corrected chi connectivity index (χ1v) is 8.46. The van der Waals surface area contributed by atoms with Crippen molar-refractivity contribution >= 4 is 9.84 Å². The molecule has 1 aromatic heterocycles. The summed E-state index contributed by atoms with van der Waals surface area (Å²) in [5, 5.41) is 0. The molecule has 2 rings (SSSR count). The van der Waals surface area contributed by atoms with Gasteiger partial charge < -0.3 is 5.73 Å². The Morgan fingerprint density at radius 1 is 1.05 bits per heavy atom. The lowest BCUT2D eigenvalue weighted by molar-refractivity contribution is 0.601. The van der Waals surface area contributed by atoms with Crippen LogP contribution in [0, 0.1) is 0 Å². The summed E-state index contributed by atoms with van der Waals surface area (Å²) in [6.45, 7) is 0.637. The van der Waals surface area contributed by atoms with E-state index in [0.717, 1.165) is 17.7 Å². The molecule has 0 amide bonds. The van der Waals surface area contributed by atoms with Gasteiger partial charge in [0.25, 0.3) is 0 Å². The van der Waals surface area contributed by atoms with Crippen molar-refractivity contribution in [1.82, 2.24) is 4.98 Å². The molecule has 0 saturated carbocycles. The van der Waals surface area contributed by atoms with Gasteiger partial charge in [-0.25, -0.2) is 8.42 Å². The summed E-state index contributed by atoms with van der Waals surface area (Å²) in [5.74, 6) is 0.0235. The molecule has 2 aromatic rings. The fourth-order valence-electron chi connectivity index (χ4n) is 1.99. The predicted molar refractivity (Wildman–Crippen MR) is 81.0 cm³/mol. The molecule has 1 heterocycles. The van der Waals surface area contributed by atoms with E-state index in [2.05, 4.69) is 4.98 Å². The predicted octanol–water partition coefficient (Wildman–Crippen LogP) is 1.79. The van der Waals surface area contributed by atoms with E-state index < -0.39 is 9.84 Å². The number of hydrogen-bond donors (Lipinski definition) is 1. The minimum Gasteiger partial charge on any atom is -0.330 e. The summed E-state index contributed by atoms with van der Waals surface area (Å²) in [4.78, 5) is 4.32. The highest BCUT2D eigenvalue weighted by Gasteiger charge is 2.05. The second-order valence-corrected chi connectivity index (χ2v) is 7.00. The number of nitrogens with zero attached hydrogens (tertiary/aromatic N) is 1. The van der Waals surface area contributed by atoms with E-state index in [1.807, 2.05) is 30.3 Å². The van der Waals surface area contributed by atoms with E-state index in [1.165, 1.54) is 11.8 Å². The molecule has 4 nitrogen and oxygen atoms in total. The minimum atomic E-state index is -3.02. The first kappa shape index (κ1) is 14.7. The molecule has 0 aliphatic rings. The molecule has 0 spiro atoms. The van der Waals surface area contributed by atoms with Gasteiger partial charge in [-0.2, -0.15) is 0 Å². The Balaban J connectivity index is 2.17. The number of aromatic nitrogens is 1. The van der Waals surface area contributed by atoms with Crippen molar-refractivity contribution in [3.8, 4) is 11.3 Å². The van der Waals surface area contributed by atoms with Gasteiger partial charge in [-0.15, -0.1) is 0 Å². The second kappa shape index (κ2) is 6.15. The second-order valence-electron chi connectivity index (χ2n) is 4.86. The van der Waals surface area contributed by atoms with E-state index in [9.17, 15) is 8.42 Å². The van der Waals surface area contributed by atoms with Gasteiger partial charge in [0.05, 0.1) is 11.4 Å². The summed E-state index contributed by atoms with van der Waals surface area (Å²) >= 11 is 0. The maximum atomic E-state index is 11.2. The van der Waals surface area contributed by atoms with Gasteiger partial charge in [0.1, 0.15) is 0 Å². The molecule has 0 unspecified atom stereocenters. The molecule has 0 atom stereocenters. The number of hydrogen-bond acceptors (Lipinski definition) is 4. The molecule has 0 radical (unpaired) electrons. The highest BCUT2D eigenvalue weighted by molar-refractivity contribution is 7.89. The smallest absolute Gasteiger partial charge is 0.151 e.